The van der Waals surface area contributed by atoms with Crippen LogP contribution < -0.4 is 15.8 Å². The van der Waals surface area contributed by atoms with Crippen LogP contribution in [0.25, 0.3) is 6.08 Å². The SMILES string of the molecule is Cc1cc(Cl)ccc1N=C1NC(=O)/C(=C/c2ccc(OCC(N)=O)c(Br)c2)S1. The molecule has 0 radical (unpaired) electrons. The fraction of sp³-hybridized carbons (Fsp3) is 0.105. The maximum Gasteiger partial charge on any atom is 0.264 e. The lowest BCUT2D eigenvalue weighted by Gasteiger charge is -2.06. The molecule has 0 saturated carbocycles. The maximum atomic E-state index is 12.3. The molecule has 1 fully saturated rings. The number of ether oxygens (including phenoxy) is 1. The molecule has 28 heavy (non-hydrogen) atoms. The van der Waals surface area contributed by atoms with E-state index in [1.807, 2.05) is 13.0 Å². The standard InChI is InChI=1S/C19H15BrClN3O3S/c1-10-6-12(21)3-4-14(10)23-19-24-18(26)16(28-19)8-11-2-5-15(13(20)7-11)27-9-17(22)25/h2-8H,9H2,1H3,(H2,22,25)(H,23,24,26)/b16-8-. The third kappa shape index (κ3) is 5.15. The topological polar surface area (TPSA) is 93.8 Å². The summed E-state index contributed by atoms with van der Waals surface area (Å²) in [6.07, 6.45) is 1.75. The van der Waals surface area contributed by atoms with Gasteiger partial charge in [-0.2, -0.15) is 0 Å². The Kier molecular flexibility index (Phi) is 6.43. The minimum atomic E-state index is -0.556. The number of amides is 2. The van der Waals surface area contributed by atoms with Crippen molar-refractivity contribution in [1.82, 2.24) is 5.32 Å². The van der Waals surface area contributed by atoms with Crippen molar-refractivity contribution in [3.63, 3.8) is 0 Å². The minimum Gasteiger partial charge on any atom is -0.483 e. The van der Waals surface area contributed by atoms with Crippen LogP contribution in [0, 0.1) is 6.92 Å². The summed E-state index contributed by atoms with van der Waals surface area (Å²) in [4.78, 5) is 28.1. The molecule has 6 nitrogen and oxygen atoms in total. The Morgan fingerprint density at radius 1 is 1.36 bits per heavy atom. The lowest BCUT2D eigenvalue weighted by Crippen LogP contribution is -2.20. The molecule has 2 amide bonds. The van der Waals surface area contributed by atoms with Gasteiger partial charge in [0.15, 0.2) is 11.8 Å². The third-order valence-corrected chi connectivity index (χ3v) is 5.42. The van der Waals surface area contributed by atoms with Crippen molar-refractivity contribution in [3.8, 4) is 5.75 Å². The Morgan fingerprint density at radius 2 is 2.14 bits per heavy atom. The van der Waals surface area contributed by atoms with Crippen LogP contribution in [0.3, 0.4) is 0 Å². The van der Waals surface area contributed by atoms with Crippen LogP contribution in [-0.4, -0.2) is 23.6 Å². The van der Waals surface area contributed by atoms with E-state index < -0.39 is 5.91 Å². The zero-order valence-corrected chi connectivity index (χ0v) is 17.8. The van der Waals surface area contributed by atoms with Crippen LogP contribution in [0.4, 0.5) is 5.69 Å². The van der Waals surface area contributed by atoms with E-state index in [0.29, 0.717) is 25.3 Å². The van der Waals surface area contributed by atoms with Crippen molar-refractivity contribution in [2.75, 3.05) is 6.61 Å². The molecule has 0 spiro atoms. The van der Waals surface area contributed by atoms with Gasteiger partial charge < -0.3 is 15.8 Å². The summed E-state index contributed by atoms with van der Waals surface area (Å²) in [5.74, 6) is -0.287. The number of nitrogens with one attached hydrogen (secondary N) is 1. The number of primary amides is 1. The van der Waals surface area contributed by atoms with E-state index >= 15 is 0 Å². The van der Waals surface area contributed by atoms with Crippen molar-refractivity contribution in [2.45, 2.75) is 6.92 Å². The summed E-state index contributed by atoms with van der Waals surface area (Å²) in [6.45, 7) is 1.70. The molecule has 1 aliphatic heterocycles. The molecule has 144 valence electrons. The van der Waals surface area contributed by atoms with Crippen molar-refractivity contribution in [3.05, 3.63) is 61.9 Å². The number of carbonyl (C=O) groups is 2. The molecule has 2 aromatic carbocycles. The van der Waals surface area contributed by atoms with Crippen LogP contribution in [0.15, 0.2) is 50.8 Å². The summed E-state index contributed by atoms with van der Waals surface area (Å²) in [6, 6.07) is 10.6. The number of benzene rings is 2. The number of rotatable bonds is 5. The molecule has 2 aromatic rings. The molecule has 9 heteroatoms. The first-order chi connectivity index (χ1) is 13.3. The fourth-order valence-corrected chi connectivity index (χ4v) is 3.93. The number of hydrogen-bond acceptors (Lipinski definition) is 5. The van der Waals surface area contributed by atoms with E-state index in [4.69, 9.17) is 22.1 Å². The first-order valence-electron chi connectivity index (χ1n) is 8.08. The van der Waals surface area contributed by atoms with Gasteiger partial charge >= 0.3 is 0 Å². The highest BCUT2D eigenvalue weighted by Gasteiger charge is 2.24. The van der Waals surface area contributed by atoms with E-state index in [2.05, 4.69) is 26.2 Å². The molecular weight excluding hydrogens is 466 g/mol. The van der Waals surface area contributed by atoms with E-state index in [0.717, 1.165) is 16.8 Å². The molecule has 3 N–H and O–H groups in total. The van der Waals surface area contributed by atoms with Gasteiger partial charge in [0.1, 0.15) is 5.75 Å². The fourth-order valence-electron chi connectivity index (χ4n) is 2.36. The van der Waals surface area contributed by atoms with Crippen LogP contribution >= 0.6 is 39.3 Å². The highest BCUT2D eigenvalue weighted by Crippen LogP contribution is 2.32. The Labute approximate surface area is 179 Å². The molecule has 0 unspecified atom stereocenters. The molecule has 1 saturated heterocycles. The predicted octanol–water partition coefficient (Wildman–Crippen LogP) is 4.17. The molecule has 0 aromatic heterocycles. The molecule has 0 aliphatic carbocycles. The summed E-state index contributed by atoms with van der Waals surface area (Å²) in [5, 5.41) is 3.90. The molecule has 1 heterocycles. The molecule has 0 atom stereocenters. The zero-order valence-electron chi connectivity index (χ0n) is 14.7. The first-order valence-corrected chi connectivity index (χ1v) is 10.1. The zero-order chi connectivity index (χ0) is 20.3. The summed E-state index contributed by atoms with van der Waals surface area (Å²) in [7, 11) is 0. The monoisotopic (exact) mass is 479 g/mol. The smallest absolute Gasteiger partial charge is 0.264 e. The maximum absolute atomic E-state index is 12.3. The van der Waals surface area contributed by atoms with E-state index in [1.165, 1.54) is 11.8 Å². The van der Waals surface area contributed by atoms with Gasteiger partial charge in [0.2, 0.25) is 0 Å². The first kappa shape index (κ1) is 20.4. The van der Waals surface area contributed by atoms with Gasteiger partial charge in [-0.05, 0) is 82.2 Å². The van der Waals surface area contributed by atoms with Crippen LogP contribution in [0.2, 0.25) is 5.02 Å². The second-order valence-electron chi connectivity index (χ2n) is 5.86. The van der Waals surface area contributed by atoms with Crippen molar-refractivity contribution in [2.24, 2.45) is 10.7 Å². The van der Waals surface area contributed by atoms with Gasteiger partial charge in [0.05, 0.1) is 15.1 Å². The van der Waals surface area contributed by atoms with E-state index in [9.17, 15) is 9.59 Å². The Bertz CT molecular complexity index is 1020. The van der Waals surface area contributed by atoms with E-state index in [1.54, 1.807) is 36.4 Å². The summed E-state index contributed by atoms with van der Waals surface area (Å²) < 4.78 is 5.94. The number of thioether (sulfide) groups is 1. The van der Waals surface area contributed by atoms with Gasteiger partial charge in [-0.25, -0.2) is 4.99 Å². The third-order valence-electron chi connectivity index (χ3n) is 3.66. The van der Waals surface area contributed by atoms with Crippen molar-refractivity contribution in [1.29, 1.82) is 0 Å². The normalized spacial score (nSPS) is 16.5. The van der Waals surface area contributed by atoms with Crippen LogP contribution in [0.5, 0.6) is 5.75 Å². The molecule has 1 aliphatic rings. The largest absolute Gasteiger partial charge is 0.483 e. The Morgan fingerprint density at radius 3 is 2.82 bits per heavy atom. The second kappa shape index (κ2) is 8.81. The number of hydrogen-bond donors (Lipinski definition) is 2. The number of carbonyl (C=O) groups excluding carboxylic acids is 2. The number of aliphatic imine (C=N–C) groups is 1. The number of nitrogens with two attached hydrogens (primary N) is 1. The van der Waals surface area contributed by atoms with E-state index in [-0.39, 0.29) is 12.5 Å². The Hall–Kier alpha value is -2.29. The van der Waals surface area contributed by atoms with Gasteiger partial charge in [0.25, 0.3) is 11.8 Å². The minimum absolute atomic E-state index is 0.207. The lowest BCUT2D eigenvalue weighted by atomic mass is 10.2. The van der Waals surface area contributed by atoms with Crippen molar-refractivity contribution >= 4 is 68.0 Å². The van der Waals surface area contributed by atoms with Crippen LogP contribution in [-0.2, 0) is 9.59 Å². The highest BCUT2D eigenvalue weighted by atomic mass is 79.9. The van der Waals surface area contributed by atoms with Crippen LogP contribution in [0.1, 0.15) is 11.1 Å². The number of halogens is 2. The highest BCUT2D eigenvalue weighted by molar-refractivity contribution is 9.10. The summed E-state index contributed by atoms with van der Waals surface area (Å²) >= 11 is 10.6. The average Bonchev–Trinajstić information content (AvgIpc) is 2.96. The second-order valence-corrected chi connectivity index (χ2v) is 8.18. The van der Waals surface area contributed by atoms with Gasteiger partial charge in [0, 0.05) is 5.02 Å². The number of nitrogens with zero attached hydrogens (tertiary/aromatic N) is 1. The van der Waals surface area contributed by atoms with Gasteiger partial charge in [-0.3, -0.25) is 9.59 Å². The summed E-state index contributed by atoms with van der Waals surface area (Å²) in [5.41, 5.74) is 7.53. The molecule has 3 rings (SSSR count). The Balaban J connectivity index is 1.78. The molecular formula is C19H15BrClN3O3S. The average molecular weight is 481 g/mol. The van der Waals surface area contributed by atoms with Crippen molar-refractivity contribution < 1.29 is 14.3 Å². The quantitative estimate of drug-likeness (QED) is 0.628. The number of aryl methyl sites for hydroxylation is 1. The van der Waals surface area contributed by atoms with Gasteiger partial charge in [-0.15, -0.1) is 0 Å². The predicted molar refractivity (Wildman–Crippen MR) is 116 cm³/mol. The molecule has 0 bridgehead atoms. The van der Waals surface area contributed by atoms with Gasteiger partial charge in [-0.1, -0.05) is 17.7 Å². The lowest BCUT2D eigenvalue weighted by molar-refractivity contribution is -0.120. The number of amidine groups is 1.